The van der Waals surface area contributed by atoms with Crippen LogP contribution in [-0.2, 0) is 0 Å². The van der Waals surface area contributed by atoms with Gasteiger partial charge in [-0.3, -0.25) is 9.97 Å². The first kappa shape index (κ1) is 12.5. The van der Waals surface area contributed by atoms with Gasteiger partial charge in [0.15, 0.2) is 0 Å². The number of fused-ring (bicyclic) bond motifs is 1. The van der Waals surface area contributed by atoms with E-state index in [1.807, 2.05) is 6.07 Å². The van der Waals surface area contributed by atoms with Crippen LogP contribution in [0.4, 0.5) is 0 Å². The van der Waals surface area contributed by atoms with E-state index in [0.29, 0.717) is 0 Å². The fourth-order valence-corrected chi connectivity index (χ4v) is 3.13. The summed E-state index contributed by atoms with van der Waals surface area (Å²) < 4.78 is 0. The van der Waals surface area contributed by atoms with Crippen LogP contribution in [0.2, 0.25) is 0 Å². The molecule has 100 valence electrons. The van der Waals surface area contributed by atoms with Crippen molar-refractivity contribution < 1.29 is 0 Å². The minimum Gasteiger partial charge on any atom is -0.324 e. The molecule has 1 aromatic heterocycles. The molecule has 3 rings (SSSR count). The Hall–Kier alpha value is -1.48. The van der Waals surface area contributed by atoms with Gasteiger partial charge in [0.1, 0.15) is 0 Å². The molecular formula is C16H21N3. The number of nitrogens with two attached hydrogens (primary N) is 1. The monoisotopic (exact) mass is 255 g/mol. The Labute approximate surface area is 114 Å². The van der Waals surface area contributed by atoms with E-state index in [1.54, 1.807) is 12.4 Å². The van der Waals surface area contributed by atoms with Gasteiger partial charge < -0.3 is 5.73 Å². The van der Waals surface area contributed by atoms with E-state index in [1.165, 1.54) is 37.7 Å². The second kappa shape index (κ2) is 5.66. The molecule has 0 aliphatic heterocycles. The average Bonchev–Trinajstić information content (AvgIpc) is 2.48. The van der Waals surface area contributed by atoms with Gasteiger partial charge in [0, 0.05) is 18.4 Å². The predicted molar refractivity (Wildman–Crippen MR) is 77.7 cm³/mol. The van der Waals surface area contributed by atoms with Gasteiger partial charge in [0.25, 0.3) is 0 Å². The van der Waals surface area contributed by atoms with Crippen LogP contribution in [-0.4, -0.2) is 9.97 Å². The Kier molecular flexibility index (Phi) is 3.74. The molecule has 1 fully saturated rings. The first-order valence-corrected chi connectivity index (χ1v) is 7.29. The molecule has 0 spiro atoms. The second-order valence-electron chi connectivity index (χ2n) is 5.65. The van der Waals surface area contributed by atoms with E-state index in [2.05, 4.69) is 22.1 Å². The topological polar surface area (TPSA) is 51.8 Å². The van der Waals surface area contributed by atoms with E-state index in [0.717, 1.165) is 23.4 Å². The second-order valence-corrected chi connectivity index (χ2v) is 5.65. The molecule has 1 aliphatic rings. The molecule has 3 heteroatoms. The highest BCUT2D eigenvalue weighted by Gasteiger charge is 2.18. The fourth-order valence-electron chi connectivity index (χ4n) is 3.13. The molecule has 1 atom stereocenters. The van der Waals surface area contributed by atoms with Gasteiger partial charge in [0.2, 0.25) is 0 Å². The zero-order valence-corrected chi connectivity index (χ0v) is 11.3. The number of rotatable bonds is 3. The number of hydrogen-bond donors (Lipinski definition) is 1. The van der Waals surface area contributed by atoms with Crippen LogP contribution in [0.25, 0.3) is 11.0 Å². The molecule has 1 heterocycles. The highest BCUT2D eigenvalue weighted by molar-refractivity contribution is 5.74. The Balaban J connectivity index is 1.75. The SMILES string of the molecule is NC(CC1CCCCC1)c1ccc2nccnc2c1. The summed E-state index contributed by atoms with van der Waals surface area (Å²) in [6.45, 7) is 0. The molecule has 0 amide bonds. The van der Waals surface area contributed by atoms with Crippen LogP contribution in [0.5, 0.6) is 0 Å². The molecule has 1 aromatic carbocycles. The Morgan fingerprint density at radius 2 is 1.79 bits per heavy atom. The van der Waals surface area contributed by atoms with Crippen molar-refractivity contribution in [3.05, 3.63) is 36.2 Å². The van der Waals surface area contributed by atoms with E-state index in [9.17, 15) is 0 Å². The first-order valence-electron chi connectivity index (χ1n) is 7.29. The summed E-state index contributed by atoms with van der Waals surface area (Å²) in [5, 5.41) is 0. The van der Waals surface area contributed by atoms with Crippen molar-refractivity contribution in [1.82, 2.24) is 9.97 Å². The van der Waals surface area contributed by atoms with Gasteiger partial charge in [-0.1, -0.05) is 38.2 Å². The quantitative estimate of drug-likeness (QED) is 0.911. The lowest BCUT2D eigenvalue weighted by atomic mass is 9.83. The van der Waals surface area contributed by atoms with Crippen molar-refractivity contribution in [3.8, 4) is 0 Å². The fraction of sp³-hybridized carbons (Fsp3) is 0.500. The molecule has 0 saturated heterocycles. The maximum absolute atomic E-state index is 6.37. The molecule has 3 nitrogen and oxygen atoms in total. The smallest absolute Gasteiger partial charge is 0.0890 e. The number of benzene rings is 1. The lowest BCUT2D eigenvalue weighted by Gasteiger charge is -2.24. The van der Waals surface area contributed by atoms with Crippen LogP contribution in [0.3, 0.4) is 0 Å². The summed E-state index contributed by atoms with van der Waals surface area (Å²) >= 11 is 0. The van der Waals surface area contributed by atoms with Crippen LogP contribution < -0.4 is 5.73 Å². The Bertz CT molecular complexity index is 546. The lowest BCUT2D eigenvalue weighted by molar-refractivity contribution is 0.319. The maximum atomic E-state index is 6.37. The molecule has 19 heavy (non-hydrogen) atoms. The molecule has 0 bridgehead atoms. The number of aromatic nitrogens is 2. The Morgan fingerprint density at radius 3 is 2.58 bits per heavy atom. The normalized spacial score (nSPS) is 18.6. The molecule has 1 unspecified atom stereocenters. The van der Waals surface area contributed by atoms with Crippen molar-refractivity contribution in [3.63, 3.8) is 0 Å². The van der Waals surface area contributed by atoms with Gasteiger partial charge in [-0.25, -0.2) is 0 Å². The van der Waals surface area contributed by atoms with Gasteiger partial charge in [-0.05, 0) is 30.0 Å². The Morgan fingerprint density at radius 1 is 1.05 bits per heavy atom. The third-order valence-electron chi connectivity index (χ3n) is 4.23. The third kappa shape index (κ3) is 2.92. The largest absolute Gasteiger partial charge is 0.324 e. The van der Waals surface area contributed by atoms with Crippen LogP contribution in [0.1, 0.15) is 50.1 Å². The summed E-state index contributed by atoms with van der Waals surface area (Å²) in [5.74, 6) is 0.807. The van der Waals surface area contributed by atoms with E-state index >= 15 is 0 Å². The summed E-state index contributed by atoms with van der Waals surface area (Å²) in [6.07, 6.45) is 11.4. The zero-order valence-electron chi connectivity index (χ0n) is 11.3. The van der Waals surface area contributed by atoms with Crippen molar-refractivity contribution in [2.75, 3.05) is 0 Å². The van der Waals surface area contributed by atoms with E-state index in [4.69, 9.17) is 5.73 Å². The lowest BCUT2D eigenvalue weighted by Crippen LogP contribution is -2.17. The molecule has 1 saturated carbocycles. The van der Waals surface area contributed by atoms with E-state index < -0.39 is 0 Å². The summed E-state index contributed by atoms with van der Waals surface area (Å²) in [7, 11) is 0. The summed E-state index contributed by atoms with van der Waals surface area (Å²) in [4.78, 5) is 8.65. The van der Waals surface area contributed by atoms with Crippen molar-refractivity contribution >= 4 is 11.0 Å². The average molecular weight is 255 g/mol. The molecule has 0 radical (unpaired) electrons. The predicted octanol–water partition coefficient (Wildman–Crippen LogP) is 3.60. The minimum absolute atomic E-state index is 0.134. The third-order valence-corrected chi connectivity index (χ3v) is 4.23. The van der Waals surface area contributed by atoms with Gasteiger partial charge in [-0.15, -0.1) is 0 Å². The maximum Gasteiger partial charge on any atom is 0.0890 e. The first-order chi connectivity index (χ1) is 9.33. The highest BCUT2D eigenvalue weighted by atomic mass is 14.8. The van der Waals surface area contributed by atoms with Crippen molar-refractivity contribution in [2.24, 2.45) is 11.7 Å². The van der Waals surface area contributed by atoms with Crippen molar-refractivity contribution in [2.45, 2.75) is 44.6 Å². The highest BCUT2D eigenvalue weighted by Crippen LogP contribution is 2.31. The van der Waals surface area contributed by atoms with Crippen LogP contribution >= 0.6 is 0 Å². The molecule has 1 aliphatic carbocycles. The van der Waals surface area contributed by atoms with Crippen LogP contribution in [0.15, 0.2) is 30.6 Å². The van der Waals surface area contributed by atoms with Gasteiger partial charge in [0.05, 0.1) is 11.0 Å². The van der Waals surface area contributed by atoms with Gasteiger partial charge >= 0.3 is 0 Å². The molecular weight excluding hydrogens is 234 g/mol. The summed E-state index contributed by atoms with van der Waals surface area (Å²) in [5.41, 5.74) is 9.45. The minimum atomic E-state index is 0.134. The van der Waals surface area contributed by atoms with Crippen LogP contribution in [0, 0.1) is 5.92 Å². The molecule has 2 aromatic rings. The number of nitrogens with zero attached hydrogens (tertiary/aromatic N) is 2. The zero-order chi connectivity index (χ0) is 13.1. The number of hydrogen-bond acceptors (Lipinski definition) is 3. The van der Waals surface area contributed by atoms with Crippen molar-refractivity contribution in [1.29, 1.82) is 0 Å². The van der Waals surface area contributed by atoms with E-state index in [-0.39, 0.29) is 6.04 Å². The van der Waals surface area contributed by atoms with Gasteiger partial charge in [-0.2, -0.15) is 0 Å². The standard InChI is InChI=1S/C16H21N3/c17-14(10-12-4-2-1-3-5-12)13-6-7-15-16(11-13)19-9-8-18-15/h6-9,11-12,14H,1-5,10,17H2. The summed E-state index contributed by atoms with van der Waals surface area (Å²) in [6, 6.07) is 6.35. The molecule has 2 N–H and O–H groups in total.